The molecule has 0 saturated carbocycles. The van der Waals surface area contributed by atoms with E-state index < -0.39 is 16.3 Å². The molecule has 0 unspecified atom stereocenters. The first kappa shape index (κ1) is 19.8. The van der Waals surface area contributed by atoms with Crippen molar-refractivity contribution >= 4 is 10.2 Å². The molecule has 0 spiro atoms. The summed E-state index contributed by atoms with van der Waals surface area (Å²) < 4.78 is 41.1. The molecule has 1 aromatic heterocycles. The van der Waals surface area contributed by atoms with Gasteiger partial charge in [-0.2, -0.15) is 22.1 Å². The van der Waals surface area contributed by atoms with E-state index in [1.165, 1.54) is 8.61 Å². The normalized spacial score (nSPS) is 18.8. The van der Waals surface area contributed by atoms with Crippen LogP contribution in [0.3, 0.4) is 0 Å². The summed E-state index contributed by atoms with van der Waals surface area (Å²) in [4.78, 5) is 0. The van der Waals surface area contributed by atoms with E-state index in [9.17, 15) is 8.42 Å². The molecule has 0 bridgehead atoms. The monoisotopic (exact) mass is 394 g/mol. The van der Waals surface area contributed by atoms with Crippen LogP contribution in [0, 0.1) is 13.8 Å². The number of hydrogen-bond acceptors (Lipinski definition) is 5. The molecule has 3 rings (SSSR count). The second-order valence-electron chi connectivity index (χ2n) is 6.69. The summed E-state index contributed by atoms with van der Waals surface area (Å²) in [7, 11) is 1.14. The number of hydrogen-bond donors (Lipinski definition) is 0. The Bertz CT molecular complexity index is 923. The quantitative estimate of drug-likeness (QED) is 0.771. The number of benzene rings is 1. The van der Waals surface area contributed by atoms with E-state index in [-0.39, 0.29) is 0 Å². The highest BCUT2D eigenvalue weighted by Gasteiger charge is 2.38. The highest BCUT2D eigenvalue weighted by Crippen LogP contribution is 2.33. The fraction of sp³-hybridized carbons (Fsp3) is 0.500. The molecular weight excluding hydrogens is 368 g/mol. The molecule has 27 heavy (non-hydrogen) atoms. The first-order valence-corrected chi connectivity index (χ1v) is 10.1. The van der Waals surface area contributed by atoms with Crippen molar-refractivity contribution in [2.45, 2.75) is 19.9 Å². The van der Waals surface area contributed by atoms with E-state index in [1.807, 2.05) is 42.8 Å². The highest BCUT2D eigenvalue weighted by molar-refractivity contribution is 7.86. The first-order valence-electron chi connectivity index (χ1n) is 8.75. The average Bonchev–Trinajstić information content (AvgIpc) is 2.95. The Morgan fingerprint density at radius 3 is 2.70 bits per heavy atom. The Hall–Kier alpha value is -1.94. The molecule has 1 fully saturated rings. The van der Waals surface area contributed by atoms with Gasteiger partial charge >= 0.3 is 0 Å². The fourth-order valence-corrected chi connectivity index (χ4v) is 4.64. The van der Waals surface area contributed by atoms with Crippen molar-refractivity contribution in [2.75, 3.05) is 41.0 Å². The summed E-state index contributed by atoms with van der Waals surface area (Å²) in [6, 6.07) is 7.20. The van der Waals surface area contributed by atoms with Gasteiger partial charge in [-0.3, -0.25) is 0 Å². The third-order valence-electron chi connectivity index (χ3n) is 4.82. The standard InChI is InChI=1S/C18H26N4O4S/c1-13-18(17-12-26-10-9-21(17)27(23,24)20(3)4)14(2)22(19-13)15-7-6-8-16(11-15)25-5/h6-8,11,17H,9-10,12H2,1-5H3/t17-/m0/s1. The fourth-order valence-electron chi connectivity index (χ4n) is 3.43. The second-order valence-corrected chi connectivity index (χ2v) is 8.78. The molecule has 0 amide bonds. The van der Waals surface area contributed by atoms with E-state index in [1.54, 1.807) is 21.2 Å². The molecule has 9 heteroatoms. The molecule has 0 radical (unpaired) electrons. The minimum Gasteiger partial charge on any atom is -0.497 e. The topological polar surface area (TPSA) is 76.9 Å². The summed E-state index contributed by atoms with van der Waals surface area (Å²) >= 11 is 0. The molecule has 2 aromatic rings. The van der Waals surface area contributed by atoms with Crippen molar-refractivity contribution < 1.29 is 17.9 Å². The molecular formula is C18H26N4O4S. The minimum atomic E-state index is -3.57. The van der Waals surface area contributed by atoms with Crippen LogP contribution in [0.1, 0.15) is 23.0 Å². The van der Waals surface area contributed by atoms with Crippen molar-refractivity contribution in [3.8, 4) is 11.4 Å². The maximum absolute atomic E-state index is 12.8. The van der Waals surface area contributed by atoms with Crippen molar-refractivity contribution in [3.63, 3.8) is 0 Å². The van der Waals surface area contributed by atoms with Crippen LogP contribution in [-0.2, 0) is 14.9 Å². The number of morpholine rings is 1. The third kappa shape index (κ3) is 3.60. The number of nitrogens with zero attached hydrogens (tertiary/aromatic N) is 4. The number of ether oxygens (including phenoxy) is 2. The molecule has 148 valence electrons. The lowest BCUT2D eigenvalue weighted by atomic mass is 10.0. The summed E-state index contributed by atoms with van der Waals surface area (Å²) in [5.74, 6) is 0.736. The lowest BCUT2D eigenvalue weighted by Gasteiger charge is -2.36. The summed E-state index contributed by atoms with van der Waals surface area (Å²) in [6.07, 6.45) is 0. The molecule has 2 heterocycles. The maximum atomic E-state index is 12.8. The van der Waals surface area contributed by atoms with Gasteiger partial charge in [0.25, 0.3) is 10.2 Å². The zero-order valence-corrected chi connectivity index (χ0v) is 17.2. The van der Waals surface area contributed by atoms with Crippen LogP contribution in [-0.4, -0.2) is 67.8 Å². The zero-order valence-electron chi connectivity index (χ0n) is 16.3. The van der Waals surface area contributed by atoms with E-state index in [0.717, 1.165) is 28.4 Å². The average molecular weight is 394 g/mol. The molecule has 0 N–H and O–H groups in total. The van der Waals surface area contributed by atoms with Crippen molar-refractivity contribution in [3.05, 3.63) is 41.2 Å². The number of aromatic nitrogens is 2. The Kier molecular flexibility index (Phi) is 5.57. The summed E-state index contributed by atoms with van der Waals surface area (Å²) in [6.45, 7) is 4.84. The predicted molar refractivity (Wildman–Crippen MR) is 102 cm³/mol. The van der Waals surface area contributed by atoms with Gasteiger partial charge in [0.15, 0.2) is 0 Å². The molecule has 1 saturated heterocycles. The lowest BCUT2D eigenvalue weighted by Crippen LogP contribution is -2.48. The van der Waals surface area contributed by atoms with Gasteiger partial charge in [-0.25, -0.2) is 4.68 Å². The van der Waals surface area contributed by atoms with Crippen LogP contribution in [0.25, 0.3) is 5.69 Å². The predicted octanol–water partition coefficient (Wildman–Crippen LogP) is 1.68. The Labute approximate surface area is 160 Å². The summed E-state index contributed by atoms with van der Waals surface area (Å²) in [5.41, 5.74) is 3.41. The van der Waals surface area contributed by atoms with Crippen molar-refractivity contribution in [2.24, 2.45) is 0 Å². The number of aryl methyl sites for hydroxylation is 1. The van der Waals surface area contributed by atoms with Gasteiger partial charge in [-0.05, 0) is 26.0 Å². The Morgan fingerprint density at radius 2 is 2.04 bits per heavy atom. The van der Waals surface area contributed by atoms with Gasteiger partial charge in [0.05, 0.1) is 37.7 Å². The Balaban J connectivity index is 2.07. The van der Waals surface area contributed by atoms with Gasteiger partial charge in [0.1, 0.15) is 5.75 Å². The van der Waals surface area contributed by atoms with Gasteiger partial charge in [-0.15, -0.1) is 0 Å². The minimum absolute atomic E-state index is 0.304. The maximum Gasteiger partial charge on any atom is 0.282 e. The molecule has 8 nitrogen and oxygen atoms in total. The molecule has 1 aliphatic heterocycles. The third-order valence-corrected chi connectivity index (χ3v) is 6.77. The molecule has 0 aliphatic carbocycles. The van der Waals surface area contributed by atoms with E-state index in [4.69, 9.17) is 9.47 Å². The van der Waals surface area contributed by atoms with Crippen LogP contribution >= 0.6 is 0 Å². The van der Waals surface area contributed by atoms with E-state index in [2.05, 4.69) is 5.10 Å². The van der Waals surface area contributed by atoms with Gasteiger partial charge in [0, 0.05) is 38.0 Å². The van der Waals surface area contributed by atoms with Crippen LogP contribution in [0.15, 0.2) is 24.3 Å². The molecule has 1 aromatic carbocycles. The smallest absolute Gasteiger partial charge is 0.282 e. The van der Waals surface area contributed by atoms with Crippen molar-refractivity contribution in [1.29, 1.82) is 0 Å². The van der Waals surface area contributed by atoms with Gasteiger partial charge < -0.3 is 9.47 Å². The van der Waals surface area contributed by atoms with E-state index in [0.29, 0.717) is 19.8 Å². The van der Waals surface area contributed by atoms with Crippen molar-refractivity contribution in [1.82, 2.24) is 18.4 Å². The van der Waals surface area contributed by atoms with Crippen LogP contribution in [0.4, 0.5) is 0 Å². The largest absolute Gasteiger partial charge is 0.497 e. The summed E-state index contributed by atoms with van der Waals surface area (Å²) in [5, 5.41) is 4.66. The SMILES string of the molecule is COc1cccc(-n2nc(C)c([C@@H]3COCCN3S(=O)(=O)N(C)C)c2C)c1. The highest BCUT2D eigenvalue weighted by atomic mass is 32.2. The lowest BCUT2D eigenvalue weighted by molar-refractivity contribution is 0.0295. The van der Waals surface area contributed by atoms with Gasteiger partial charge in [0.2, 0.25) is 0 Å². The van der Waals surface area contributed by atoms with Gasteiger partial charge in [-0.1, -0.05) is 6.07 Å². The van der Waals surface area contributed by atoms with E-state index >= 15 is 0 Å². The zero-order chi connectivity index (χ0) is 19.8. The van der Waals surface area contributed by atoms with Crippen LogP contribution in [0.5, 0.6) is 5.75 Å². The first-order chi connectivity index (χ1) is 12.8. The van der Waals surface area contributed by atoms with Crippen LogP contribution < -0.4 is 4.74 Å². The number of rotatable bonds is 5. The van der Waals surface area contributed by atoms with Crippen LogP contribution in [0.2, 0.25) is 0 Å². The molecule has 1 aliphatic rings. The second kappa shape index (κ2) is 7.59. The number of methoxy groups -OCH3 is 1. The Morgan fingerprint density at radius 1 is 1.30 bits per heavy atom. The molecule has 1 atom stereocenters.